The van der Waals surface area contributed by atoms with E-state index in [2.05, 4.69) is 0 Å². The van der Waals surface area contributed by atoms with Crippen LogP contribution in [0.15, 0.2) is 23.1 Å². The standard InChI is InChI=1S/C14H21NO5S2/c1-14(2)10-21(16)9-8-15(14)22(17,18)12-7-5-6-11(19-3)13(12)20-4/h5-7H,8-10H2,1-4H3. The van der Waals surface area contributed by atoms with Gasteiger partial charge in [-0.05, 0) is 26.0 Å². The van der Waals surface area contributed by atoms with E-state index in [1.165, 1.54) is 24.6 Å². The molecule has 1 saturated heterocycles. The number of nitrogens with zero attached hydrogens (tertiary/aromatic N) is 1. The fraction of sp³-hybridized carbons (Fsp3) is 0.571. The molecule has 1 heterocycles. The minimum absolute atomic E-state index is 0.0649. The molecule has 1 atom stereocenters. The second-order valence-electron chi connectivity index (χ2n) is 5.67. The molecule has 0 amide bonds. The van der Waals surface area contributed by atoms with Gasteiger partial charge in [-0.15, -0.1) is 0 Å². The second-order valence-corrected chi connectivity index (χ2v) is 9.08. The van der Waals surface area contributed by atoms with Gasteiger partial charge in [0.2, 0.25) is 10.0 Å². The fourth-order valence-corrected chi connectivity index (χ4v) is 6.28. The molecule has 0 aromatic heterocycles. The molecule has 6 nitrogen and oxygen atoms in total. The van der Waals surface area contributed by atoms with Crippen LogP contribution in [-0.4, -0.2) is 54.7 Å². The van der Waals surface area contributed by atoms with Crippen LogP contribution in [0.1, 0.15) is 13.8 Å². The van der Waals surface area contributed by atoms with Crippen LogP contribution < -0.4 is 9.47 Å². The second kappa shape index (κ2) is 6.17. The summed E-state index contributed by atoms with van der Waals surface area (Å²) >= 11 is 0. The topological polar surface area (TPSA) is 72.9 Å². The number of sulfonamides is 1. The normalized spacial score (nSPS) is 22.3. The first-order chi connectivity index (χ1) is 10.2. The predicted octanol–water partition coefficient (Wildman–Crippen LogP) is 1.24. The van der Waals surface area contributed by atoms with Crippen LogP contribution in [0.4, 0.5) is 0 Å². The first-order valence-corrected chi connectivity index (χ1v) is 9.75. The molecule has 0 saturated carbocycles. The Morgan fingerprint density at radius 3 is 2.45 bits per heavy atom. The minimum Gasteiger partial charge on any atom is -0.493 e. The van der Waals surface area contributed by atoms with Crippen molar-refractivity contribution in [2.75, 3.05) is 32.3 Å². The number of benzene rings is 1. The summed E-state index contributed by atoms with van der Waals surface area (Å²) in [6, 6.07) is 4.76. The number of para-hydroxylation sites is 1. The van der Waals surface area contributed by atoms with Gasteiger partial charge in [0.25, 0.3) is 0 Å². The van der Waals surface area contributed by atoms with Gasteiger partial charge in [-0.25, -0.2) is 8.42 Å². The van der Waals surface area contributed by atoms with Gasteiger partial charge >= 0.3 is 0 Å². The smallest absolute Gasteiger partial charge is 0.247 e. The van der Waals surface area contributed by atoms with Gasteiger partial charge in [0.15, 0.2) is 11.5 Å². The highest BCUT2D eigenvalue weighted by Crippen LogP contribution is 2.38. The third-order valence-corrected chi connectivity index (χ3v) is 7.45. The monoisotopic (exact) mass is 347 g/mol. The Kier molecular flexibility index (Phi) is 4.84. The van der Waals surface area contributed by atoms with Crippen LogP contribution >= 0.6 is 0 Å². The van der Waals surface area contributed by atoms with E-state index >= 15 is 0 Å². The molecular weight excluding hydrogens is 326 g/mol. The molecule has 0 bridgehead atoms. The summed E-state index contributed by atoms with van der Waals surface area (Å²) in [6.45, 7) is 3.80. The maximum absolute atomic E-state index is 13.0. The molecule has 0 radical (unpaired) electrons. The van der Waals surface area contributed by atoms with Gasteiger partial charge in [-0.1, -0.05) is 6.07 Å². The Hall–Kier alpha value is -1.12. The molecule has 0 spiro atoms. The first kappa shape index (κ1) is 17.2. The van der Waals surface area contributed by atoms with E-state index in [0.717, 1.165) is 0 Å². The summed E-state index contributed by atoms with van der Waals surface area (Å²) in [5.74, 6) is 1.21. The van der Waals surface area contributed by atoms with Crippen molar-refractivity contribution in [3.8, 4) is 11.5 Å². The van der Waals surface area contributed by atoms with Gasteiger partial charge in [-0.2, -0.15) is 4.31 Å². The summed E-state index contributed by atoms with van der Waals surface area (Å²) in [6.07, 6.45) is 0. The Labute approximate surface area is 133 Å². The Morgan fingerprint density at radius 2 is 1.91 bits per heavy atom. The van der Waals surface area contributed by atoms with Crippen molar-refractivity contribution in [2.45, 2.75) is 24.3 Å². The summed E-state index contributed by atoms with van der Waals surface area (Å²) < 4.78 is 49.7. The summed E-state index contributed by atoms with van der Waals surface area (Å²) in [5.41, 5.74) is -0.712. The van der Waals surface area contributed by atoms with Crippen LogP contribution in [0.3, 0.4) is 0 Å². The molecule has 1 aromatic carbocycles. The molecule has 1 aromatic rings. The van der Waals surface area contributed by atoms with E-state index in [1.54, 1.807) is 26.0 Å². The zero-order valence-electron chi connectivity index (χ0n) is 13.2. The third kappa shape index (κ3) is 3.00. The highest BCUT2D eigenvalue weighted by molar-refractivity contribution is 7.89. The van der Waals surface area contributed by atoms with Crippen LogP contribution in [0.5, 0.6) is 11.5 Å². The Morgan fingerprint density at radius 1 is 1.23 bits per heavy atom. The largest absolute Gasteiger partial charge is 0.493 e. The predicted molar refractivity (Wildman–Crippen MR) is 85.4 cm³/mol. The van der Waals surface area contributed by atoms with E-state index in [9.17, 15) is 12.6 Å². The molecule has 2 rings (SSSR count). The van der Waals surface area contributed by atoms with Crippen LogP contribution in [0.2, 0.25) is 0 Å². The molecule has 1 fully saturated rings. The molecule has 0 aliphatic carbocycles. The average molecular weight is 347 g/mol. The Bertz CT molecular complexity index is 684. The minimum atomic E-state index is -3.77. The Balaban J connectivity index is 2.54. The van der Waals surface area contributed by atoms with Crippen LogP contribution in [-0.2, 0) is 20.8 Å². The van der Waals surface area contributed by atoms with Crippen molar-refractivity contribution >= 4 is 20.8 Å². The SMILES string of the molecule is COc1cccc(S(=O)(=O)N2CCS(=O)CC2(C)C)c1OC. The van der Waals surface area contributed by atoms with Crippen molar-refractivity contribution in [3.05, 3.63) is 18.2 Å². The summed E-state index contributed by atoms with van der Waals surface area (Å²) in [5, 5.41) is 0. The highest BCUT2D eigenvalue weighted by atomic mass is 32.2. The molecule has 124 valence electrons. The third-order valence-electron chi connectivity index (χ3n) is 3.65. The quantitative estimate of drug-likeness (QED) is 0.819. The van der Waals surface area contributed by atoms with Crippen molar-refractivity contribution < 1.29 is 22.1 Å². The molecule has 8 heteroatoms. The number of methoxy groups -OCH3 is 2. The van der Waals surface area contributed by atoms with Crippen LogP contribution in [0, 0.1) is 0 Å². The fourth-order valence-electron chi connectivity index (χ4n) is 2.65. The van der Waals surface area contributed by atoms with Crippen LogP contribution in [0.25, 0.3) is 0 Å². The van der Waals surface area contributed by atoms with E-state index in [-0.39, 0.29) is 17.2 Å². The number of ether oxygens (including phenoxy) is 2. The summed E-state index contributed by atoms with van der Waals surface area (Å²) in [7, 11) is -1.90. The lowest BCUT2D eigenvalue weighted by Crippen LogP contribution is -2.56. The van der Waals surface area contributed by atoms with E-state index in [0.29, 0.717) is 17.3 Å². The van der Waals surface area contributed by atoms with Crippen molar-refractivity contribution in [1.29, 1.82) is 0 Å². The zero-order chi connectivity index (χ0) is 16.5. The molecule has 0 N–H and O–H groups in total. The van der Waals surface area contributed by atoms with Gasteiger partial charge in [0.05, 0.1) is 14.2 Å². The number of hydrogen-bond acceptors (Lipinski definition) is 5. The van der Waals surface area contributed by atoms with Gasteiger partial charge in [-0.3, -0.25) is 4.21 Å². The van der Waals surface area contributed by atoms with E-state index in [1.807, 2.05) is 0 Å². The van der Waals surface area contributed by atoms with E-state index < -0.39 is 26.4 Å². The lowest BCUT2D eigenvalue weighted by Gasteiger charge is -2.40. The molecular formula is C14H21NO5S2. The maximum Gasteiger partial charge on any atom is 0.247 e. The van der Waals surface area contributed by atoms with Gasteiger partial charge in [0.1, 0.15) is 4.90 Å². The van der Waals surface area contributed by atoms with Gasteiger partial charge < -0.3 is 9.47 Å². The highest BCUT2D eigenvalue weighted by Gasteiger charge is 2.42. The summed E-state index contributed by atoms with van der Waals surface area (Å²) in [4.78, 5) is 0.0649. The van der Waals surface area contributed by atoms with Crippen molar-refractivity contribution in [3.63, 3.8) is 0 Å². The lowest BCUT2D eigenvalue weighted by atomic mass is 10.1. The molecule has 22 heavy (non-hydrogen) atoms. The molecule has 1 aliphatic heterocycles. The average Bonchev–Trinajstić information content (AvgIpc) is 2.44. The molecule has 1 unspecified atom stereocenters. The number of hydrogen-bond donors (Lipinski definition) is 0. The number of rotatable bonds is 4. The van der Waals surface area contributed by atoms with Crippen molar-refractivity contribution in [1.82, 2.24) is 4.31 Å². The van der Waals surface area contributed by atoms with Crippen molar-refractivity contribution in [2.24, 2.45) is 0 Å². The van der Waals surface area contributed by atoms with Gasteiger partial charge in [0, 0.05) is 34.4 Å². The van der Waals surface area contributed by atoms with E-state index in [4.69, 9.17) is 9.47 Å². The first-order valence-electron chi connectivity index (χ1n) is 6.83. The zero-order valence-corrected chi connectivity index (χ0v) is 14.8. The molecule has 1 aliphatic rings. The maximum atomic E-state index is 13.0. The lowest BCUT2D eigenvalue weighted by molar-refractivity contribution is 0.254.